The zero-order chi connectivity index (χ0) is 9.68. The van der Waals surface area contributed by atoms with Gasteiger partial charge < -0.3 is 15.4 Å². The quantitative estimate of drug-likeness (QED) is 0.548. The first-order valence-corrected chi connectivity index (χ1v) is 4.29. The van der Waals surface area contributed by atoms with Crippen LogP contribution in [0.15, 0.2) is 0 Å². The lowest BCUT2D eigenvalue weighted by molar-refractivity contribution is -0.141. The van der Waals surface area contributed by atoms with E-state index in [2.05, 4.69) is 15.4 Å². The minimum absolute atomic E-state index is 0.00431. The van der Waals surface area contributed by atoms with Crippen molar-refractivity contribution in [1.29, 1.82) is 0 Å². The molecule has 1 fully saturated rings. The second-order valence-corrected chi connectivity index (χ2v) is 2.98. The van der Waals surface area contributed by atoms with E-state index in [0.29, 0.717) is 6.54 Å². The highest BCUT2D eigenvalue weighted by Crippen LogP contribution is 2.06. The molecule has 1 aliphatic heterocycles. The van der Waals surface area contributed by atoms with Crippen LogP contribution in [0.25, 0.3) is 0 Å². The molecule has 0 aromatic heterocycles. The minimum atomic E-state index is -0.417. The summed E-state index contributed by atoms with van der Waals surface area (Å²) in [5, 5.41) is 5.60. The highest BCUT2D eigenvalue weighted by atomic mass is 16.5. The van der Waals surface area contributed by atoms with Crippen molar-refractivity contribution in [3.63, 3.8) is 0 Å². The number of hydrogen-bond acceptors (Lipinski definition) is 4. The second-order valence-electron chi connectivity index (χ2n) is 2.98. The van der Waals surface area contributed by atoms with Gasteiger partial charge in [0, 0.05) is 6.54 Å². The van der Waals surface area contributed by atoms with Crippen LogP contribution in [0.2, 0.25) is 0 Å². The van der Waals surface area contributed by atoms with Crippen LogP contribution < -0.4 is 10.6 Å². The predicted molar refractivity (Wildman–Crippen MR) is 46.0 cm³/mol. The molecular weight excluding hydrogens is 172 g/mol. The van der Waals surface area contributed by atoms with Crippen LogP contribution in [0.1, 0.15) is 6.42 Å². The summed E-state index contributed by atoms with van der Waals surface area (Å²) in [4.78, 5) is 22.0. The highest BCUT2D eigenvalue weighted by molar-refractivity contribution is 5.83. The van der Waals surface area contributed by atoms with E-state index in [4.69, 9.17) is 0 Å². The van der Waals surface area contributed by atoms with Crippen LogP contribution in [0, 0.1) is 5.92 Å². The Hall–Kier alpha value is -1.10. The average Bonchev–Trinajstić information content (AvgIpc) is 2.66. The molecule has 74 valence electrons. The Bertz CT molecular complexity index is 200. The highest BCUT2D eigenvalue weighted by Gasteiger charge is 2.22. The first kappa shape index (κ1) is 9.98. The monoisotopic (exact) mass is 186 g/mol. The lowest BCUT2D eigenvalue weighted by Crippen LogP contribution is -2.35. The number of carbonyl (C=O) groups excluding carboxylic acids is 2. The molecule has 0 aromatic rings. The summed E-state index contributed by atoms with van der Waals surface area (Å²) in [5.41, 5.74) is 0. The van der Waals surface area contributed by atoms with Gasteiger partial charge in [0.15, 0.2) is 0 Å². The summed E-state index contributed by atoms with van der Waals surface area (Å²) in [5.74, 6) is -0.487. The van der Waals surface area contributed by atoms with Crippen molar-refractivity contribution >= 4 is 11.9 Å². The molecule has 0 radical (unpaired) electrons. The summed E-state index contributed by atoms with van der Waals surface area (Å²) in [6.45, 7) is 1.54. The van der Waals surface area contributed by atoms with Gasteiger partial charge in [0.2, 0.25) is 5.91 Å². The molecule has 1 amide bonds. The molecule has 1 unspecified atom stereocenters. The van der Waals surface area contributed by atoms with Crippen LogP contribution in [0.5, 0.6) is 0 Å². The number of carbonyl (C=O) groups is 2. The number of hydrogen-bond donors (Lipinski definition) is 2. The van der Waals surface area contributed by atoms with Crippen molar-refractivity contribution in [2.45, 2.75) is 6.42 Å². The first-order valence-electron chi connectivity index (χ1n) is 4.29. The predicted octanol–water partition coefficient (Wildman–Crippen LogP) is -1.11. The van der Waals surface area contributed by atoms with Crippen molar-refractivity contribution in [1.82, 2.24) is 10.6 Å². The zero-order valence-corrected chi connectivity index (χ0v) is 7.63. The van der Waals surface area contributed by atoms with E-state index in [1.54, 1.807) is 0 Å². The van der Waals surface area contributed by atoms with Gasteiger partial charge >= 0.3 is 5.97 Å². The molecule has 13 heavy (non-hydrogen) atoms. The molecule has 0 bridgehead atoms. The smallest absolute Gasteiger partial charge is 0.325 e. The number of nitrogens with one attached hydrogen (secondary N) is 2. The van der Waals surface area contributed by atoms with Gasteiger partial charge in [-0.15, -0.1) is 0 Å². The molecule has 1 saturated heterocycles. The molecule has 5 nitrogen and oxygen atoms in total. The Morgan fingerprint density at radius 1 is 1.62 bits per heavy atom. The van der Waals surface area contributed by atoms with Crippen molar-refractivity contribution in [3.05, 3.63) is 0 Å². The van der Waals surface area contributed by atoms with Crippen molar-refractivity contribution in [3.8, 4) is 0 Å². The molecule has 0 aliphatic carbocycles. The fraction of sp³-hybridized carbons (Fsp3) is 0.750. The van der Waals surface area contributed by atoms with Gasteiger partial charge in [-0.1, -0.05) is 0 Å². The second kappa shape index (κ2) is 4.81. The minimum Gasteiger partial charge on any atom is -0.468 e. The normalized spacial score (nSPS) is 21.2. The van der Waals surface area contributed by atoms with E-state index in [1.165, 1.54) is 7.11 Å². The van der Waals surface area contributed by atoms with Gasteiger partial charge in [-0.05, 0) is 13.0 Å². The summed E-state index contributed by atoms with van der Waals surface area (Å²) in [7, 11) is 1.30. The van der Waals surface area contributed by atoms with Crippen LogP contribution in [0.4, 0.5) is 0 Å². The van der Waals surface area contributed by atoms with Crippen molar-refractivity contribution < 1.29 is 14.3 Å². The molecule has 1 aliphatic rings. The first-order chi connectivity index (χ1) is 6.24. The van der Waals surface area contributed by atoms with Crippen LogP contribution in [-0.2, 0) is 14.3 Å². The van der Waals surface area contributed by atoms with Gasteiger partial charge in [0.05, 0.1) is 13.0 Å². The maximum absolute atomic E-state index is 11.3. The molecule has 2 N–H and O–H groups in total. The van der Waals surface area contributed by atoms with Crippen molar-refractivity contribution in [2.24, 2.45) is 5.92 Å². The molecular formula is C8H14N2O3. The number of methoxy groups -OCH3 is 1. The summed E-state index contributed by atoms with van der Waals surface area (Å²) < 4.78 is 4.39. The average molecular weight is 186 g/mol. The largest absolute Gasteiger partial charge is 0.468 e. The van der Waals surface area contributed by atoms with E-state index in [1.807, 2.05) is 0 Å². The van der Waals surface area contributed by atoms with E-state index < -0.39 is 5.97 Å². The van der Waals surface area contributed by atoms with Crippen LogP contribution >= 0.6 is 0 Å². The maximum atomic E-state index is 11.3. The number of rotatable bonds is 3. The van der Waals surface area contributed by atoms with E-state index >= 15 is 0 Å². The SMILES string of the molecule is COC(=O)CNC(=O)C1CCNC1. The van der Waals surface area contributed by atoms with E-state index in [-0.39, 0.29) is 18.4 Å². The number of amides is 1. The molecule has 0 spiro atoms. The summed E-state index contributed by atoms with van der Waals surface area (Å²) in [6.07, 6.45) is 0.840. The third-order valence-corrected chi connectivity index (χ3v) is 2.07. The molecule has 1 heterocycles. The van der Waals surface area contributed by atoms with Crippen molar-refractivity contribution in [2.75, 3.05) is 26.7 Å². The Morgan fingerprint density at radius 2 is 2.38 bits per heavy atom. The fourth-order valence-corrected chi connectivity index (χ4v) is 1.25. The van der Waals surface area contributed by atoms with Gasteiger partial charge in [0.1, 0.15) is 6.54 Å². The Morgan fingerprint density at radius 3 is 2.92 bits per heavy atom. The number of esters is 1. The summed E-state index contributed by atoms with van der Waals surface area (Å²) >= 11 is 0. The lowest BCUT2D eigenvalue weighted by atomic mass is 10.1. The lowest BCUT2D eigenvalue weighted by Gasteiger charge is -2.08. The Balaban J connectivity index is 2.20. The Kier molecular flexibility index (Phi) is 3.70. The molecule has 0 saturated carbocycles. The molecule has 5 heteroatoms. The van der Waals surface area contributed by atoms with Gasteiger partial charge in [-0.3, -0.25) is 9.59 Å². The zero-order valence-electron chi connectivity index (χ0n) is 7.63. The molecule has 1 rings (SSSR count). The Labute approximate surface area is 76.8 Å². The standard InChI is InChI=1S/C8H14N2O3/c1-13-7(11)5-10-8(12)6-2-3-9-4-6/h6,9H,2-5H2,1H3,(H,10,12). The van der Waals surface area contributed by atoms with Gasteiger partial charge in [-0.2, -0.15) is 0 Å². The third kappa shape index (κ3) is 3.02. The third-order valence-electron chi connectivity index (χ3n) is 2.07. The van der Waals surface area contributed by atoms with Crippen LogP contribution in [-0.4, -0.2) is 38.6 Å². The van der Waals surface area contributed by atoms with E-state index in [0.717, 1.165) is 13.0 Å². The van der Waals surface area contributed by atoms with Gasteiger partial charge in [-0.25, -0.2) is 0 Å². The topological polar surface area (TPSA) is 67.4 Å². The summed E-state index contributed by atoms with van der Waals surface area (Å²) in [6, 6.07) is 0. The van der Waals surface area contributed by atoms with Crippen LogP contribution in [0.3, 0.4) is 0 Å². The maximum Gasteiger partial charge on any atom is 0.325 e. The molecule has 1 atom stereocenters. The van der Waals surface area contributed by atoms with E-state index in [9.17, 15) is 9.59 Å². The van der Waals surface area contributed by atoms with Gasteiger partial charge in [0.25, 0.3) is 0 Å². The number of ether oxygens (including phenoxy) is 1. The molecule has 0 aromatic carbocycles. The fourth-order valence-electron chi connectivity index (χ4n) is 1.25.